The predicted octanol–water partition coefficient (Wildman–Crippen LogP) is 2.33. The lowest BCUT2D eigenvalue weighted by Gasteiger charge is -2.13. The third-order valence-corrected chi connectivity index (χ3v) is 2.66. The van der Waals surface area contributed by atoms with E-state index < -0.39 is 0 Å². The summed E-state index contributed by atoms with van der Waals surface area (Å²) >= 11 is 0. The minimum Gasteiger partial charge on any atom is -0.381 e. The van der Waals surface area contributed by atoms with Crippen LogP contribution in [0.3, 0.4) is 0 Å². The molecular formula is C11H23NO. The zero-order chi connectivity index (χ0) is 9.52. The highest BCUT2D eigenvalue weighted by Crippen LogP contribution is 2.18. The molecule has 0 heterocycles. The summed E-state index contributed by atoms with van der Waals surface area (Å²) in [5.74, 6) is 0. The molecule has 13 heavy (non-hydrogen) atoms. The molecule has 0 radical (unpaired) electrons. The SMILES string of the molecule is CCC[C@H](CCCNC1CC1)OC. The van der Waals surface area contributed by atoms with Crippen molar-refractivity contribution in [2.24, 2.45) is 0 Å². The molecule has 1 N–H and O–H groups in total. The molecule has 0 aromatic heterocycles. The number of methoxy groups -OCH3 is 1. The van der Waals surface area contributed by atoms with E-state index in [4.69, 9.17) is 4.74 Å². The van der Waals surface area contributed by atoms with Gasteiger partial charge in [0.15, 0.2) is 0 Å². The summed E-state index contributed by atoms with van der Waals surface area (Å²) in [6.45, 7) is 3.39. The second kappa shape index (κ2) is 6.39. The van der Waals surface area contributed by atoms with Crippen molar-refractivity contribution < 1.29 is 4.74 Å². The number of hydrogen-bond acceptors (Lipinski definition) is 2. The highest BCUT2D eigenvalue weighted by molar-refractivity contribution is 4.80. The maximum absolute atomic E-state index is 5.39. The molecule has 0 spiro atoms. The first-order valence-corrected chi connectivity index (χ1v) is 5.63. The number of rotatable bonds is 8. The molecule has 0 saturated heterocycles. The highest BCUT2D eigenvalue weighted by Gasteiger charge is 2.19. The van der Waals surface area contributed by atoms with Crippen molar-refractivity contribution in [3.8, 4) is 0 Å². The van der Waals surface area contributed by atoms with Gasteiger partial charge in [0.25, 0.3) is 0 Å². The van der Waals surface area contributed by atoms with Gasteiger partial charge in [-0.15, -0.1) is 0 Å². The summed E-state index contributed by atoms with van der Waals surface area (Å²) < 4.78 is 5.39. The summed E-state index contributed by atoms with van der Waals surface area (Å²) in [7, 11) is 1.83. The van der Waals surface area contributed by atoms with E-state index in [9.17, 15) is 0 Å². The molecule has 0 bridgehead atoms. The average Bonchev–Trinajstić information content (AvgIpc) is 2.94. The lowest BCUT2D eigenvalue weighted by Crippen LogP contribution is -2.19. The van der Waals surface area contributed by atoms with E-state index in [1.54, 1.807) is 0 Å². The fraction of sp³-hybridized carbons (Fsp3) is 1.00. The van der Waals surface area contributed by atoms with E-state index in [-0.39, 0.29) is 0 Å². The van der Waals surface area contributed by atoms with Crippen LogP contribution in [0.25, 0.3) is 0 Å². The van der Waals surface area contributed by atoms with Gasteiger partial charge < -0.3 is 10.1 Å². The third kappa shape index (κ3) is 5.27. The van der Waals surface area contributed by atoms with Gasteiger partial charge in [0.05, 0.1) is 6.10 Å². The van der Waals surface area contributed by atoms with Crippen molar-refractivity contribution in [3.63, 3.8) is 0 Å². The van der Waals surface area contributed by atoms with Crippen LogP contribution in [0.4, 0.5) is 0 Å². The van der Waals surface area contributed by atoms with Crippen molar-refractivity contribution in [2.75, 3.05) is 13.7 Å². The predicted molar refractivity (Wildman–Crippen MR) is 56.0 cm³/mol. The molecule has 1 atom stereocenters. The molecule has 1 saturated carbocycles. The van der Waals surface area contributed by atoms with Crippen LogP contribution in [0.15, 0.2) is 0 Å². The van der Waals surface area contributed by atoms with Gasteiger partial charge in [0.1, 0.15) is 0 Å². The maximum Gasteiger partial charge on any atom is 0.0571 e. The number of hydrogen-bond donors (Lipinski definition) is 1. The summed E-state index contributed by atoms with van der Waals surface area (Å²) in [6, 6.07) is 0.854. The van der Waals surface area contributed by atoms with Crippen molar-refractivity contribution in [1.29, 1.82) is 0 Å². The molecule has 1 aliphatic carbocycles. The first-order valence-electron chi connectivity index (χ1n) is 5.63. The van der Waals surface area contributed by atoms with Crippen molar-refractivity contribution in [3.05, 3.63) is 0 Å². The normalized spacial score (nSPS) is 18.9. The van der Waals surface area contributed by atoms with Gasteiger partial charge in [-0.2, -0.15) is 0 Å². The Kier molecular flexibility index (Phi) is 5.40. The Balaban J connectivity index is 1.88. The minimum absolute atomic E-state index is 0.492. The molecule has 2 nitrogen and oxygen atoms in total. The Hall–Kier alpha value is -0.0800. The Bertz CT molecular complexity index is 123. The monoisotopic (exact) mass is 185 g/mol. The Morgan fingerprint density at radius 3 is 2.69 bits per heavy atom. The molecular weight excluding hydrogens is 162 g/mol. The van der Waals surface area contributed by atoms with Crippen LogP contribution in [0.5, 0.6) is 0 Å². The van der Waals surface area contributed by atoms with Crippen LogP contribution in [-0.4, -0.2) is 25.8 Å². The van der Waals surface area contributed by atoms with Gasteiger partial charge in [-0.25, -0.2) is 0 Å². The van der Waals surface area contributed by atoms with Gasteiger partial charge in [-0.3, -0.25) is 0 Å². The first kappa shape index (κ1) is 11.0. The molecule has 0 aromatic carbocycles. The molecule has 1 rings (SSSR count). The summed E-state index contributed by atoms with van der Waals surface area (Å²) in [5.41, 5.74) is 0. The largest absolute Gasteiger partial charge is 0.381 e. The fourth-order valence-electron chi connectivity index (χ4n) is 1.63. The molecule has 1 aliphatic rings. The Labute approximate surface area is 82.0 Å². The number of ether oxygens (including phenoxy) is 1. The van der Waals surface area contributed by atoms with Crippen LogP contribution < -0.4 is 5.32 Å². The van der Waals surface area contributed by atoms with Crippen molar-refractivity contribution in [1.82, 2.24) is 5.32 Å². The quantitative estimate of drug-likeness (QED) is 0.586. The molecule has 0 unspecified atom stereocenters. The Morgan fingerprint density at radius 2 is 2.15 bits per heavy atom. The standard InChI is InChI=1S/C11H23NO/c1-3-5-11(13-2)6-4-9-12-10-7-8-10/h10-12H,3-9H2,1-2H3/t11-/m1/s1. The lowest BCUT2D eigenvalue weighted by molar-refractivity contribution is 0.0856. The van der Waals surface area contributed by atoms with Crippen LogP contribution in [0, 0.1) is 0 Å². The van der Waals surface area contributed by atoms with Gasteiger partial charge in [-0.05, 0) is 38.6 Å². The Morgan fingerprint density at radius 1 is 1.38 bits per heavy atom. The van der Waals surface area contributed by atoms with E-state index in [1.165, 1.54) is 45.1 Å². The maximum atomic E-state index is 5.39. The third-order valence-electron chi connectivity index (χ3n) is 2.66. The smallest absolute Gasteiger partial charge is 0.0571 e. The molecule has 0 aliphatic heterocycles. The van der Waals surface area contributed by atoms with E-state index in [1.807, 2.05) is 7.11 Å². The highest BCUT2D eigenvalue weighted by atomic mass is 16.5. The van der Waals surface area contributed by atoms with Crippen molar-refractivity contribution in [2.45, 2.75) is 57.6 Å². The molecule has 0 aromatic rings. The summed E-state index contributed by atoms with van der Waals surface area (Å²) in [5, 5.41) is 3.52. The van der Waals surface area contributed by atoms with E-state index >= 15 is 0 Å². The average molecular weight is 185 g/mol. The van der Waals surface area contributed by atoms with Crippen LogP contribution in [0.2, 0.25) is 0 Å². The number of nitrogens with one attached hydrogen (secondary N) is 1. The summed E-state index contributed by atoms with van der Waals surface area (Å²) in [4.78, 5) is 0. The van der Waals surface area contributed by atoms with Gasteiger partial charge in [-0.1, -0.05) is 13.3 Å². The van der Waals surface area contributed by atoms with E-state index in [0.29, 0.717) is 6.10 Å². The second-order valence-electron chi connectivity index (χ2n) is 4.02. The second-order valence-corrected chi connectivity index (χ2v) is 4.02. The van der Waals surface area contributed by atoms with Crippen LogP contribution >= 0.6 is 0 Å². The lowest BCUT2D eigenvalue weighted by atomic mass is 10.1. The molecule has 1 fully saturated rings. The topological polar surface area (TPSA) is 21.3 Å². The van der Waals surface area contributed by atoms with Gasteiger partial charge >= 0.3 is 0 Å². The zero-order valence-electron chi connectivity index (χ0n) is 9.01. The van der Waals surface area contributed by atoms with Crippen molar-refractivity contribution >= 4 is 0 Å². The molecule has 78 valence electrons. The van der Waals surface area contributed by atoms with Gasteiger partial charge in [0.2, 0.25) is 0 Å². The summed E-state index contributed by atoms with van der Waals surface area (Å²) in [6.07, 6.45) is 8.19. The van der Waals surface area contributed by atoms with E-state index in [2.05, 4.69) is 12.2 Å². The zero-order valence-corrected chi connectivity index (χ0v) is 9.01. The molecule has 0 amide bonds. The van der Waals surface area contributed by atoms with Gasteiger partial charge in [0, 0.05) is 13.2 Å². The van der Waals surface area contributed by atoms with Crippen LogP contribution in [-0.2, 0) is 4.74 Å². The minimum atomic E-state index is 0.492. The van der Waals surface area contributed by atoms with Crippen LogP contribution in [0.1, 0.15) is 45.4 Å². The van der Waals surface area contributed by atoms with E-state index in [0.717, 1.165) is 6.04 Å². The molecule has 2 heteroatoms. The fourth-order valence-corrected chi connectivity index (χ4v) is 1.63. The first-order chi connectivity index (χ1) is 6.36.